The Labute approximate surface area is 140 Å². The lowest BCUT2D eigenvalue weighted by Crippen LogP contribution is -2.60. The van der Waals surface area contributed by atoms with Crippen molar-refractivity contribution in [3.63, 3.8) is 0 Å². The molecule has 1 aliphatic carbocycles. The molecule has 3 saturated heterocycles. The number of aliphatic hydroxyl groups excluding tert-OH is 1. The third-order valence-electron chi connectivity index (χ3n) is 7.40. The minimum absolute atomic E-state index is 0.149. The molecule has 4 rings (SSSR count). The Kier molecular flexibility index (Phi) is 3.54. The Morgan fingerprint density at radius 3 is 2.65 bits per heavy atom. The van der Waals surface area contributed by atoms with Gasteiger partial charge >= 0.3 is 0 Å². The maximum Gasteiger partial charge on any atom is 0.0945 e. The van der Waals surface area contributed by atoms with Crippen LogP contribution in [0.3, 0.4) is 0 Å². The molecular weight excluding hydrogens is 288 g/mol. The highest BCUT2D eigenvalue weighted by atomic mass is 16.6. The van der Waals surface area contributed by atoms with Crippen LogP contribution in [0.4, 0.5) is 0 Å². The van der Waals surface area contributed by atoms with Crippen LogP contribution >= 0.6 is 0 Å². The molecule has 1 N–H and O–H groups in total. The van der Waals surface area contributed by atoms with Crippen LogP contribution in [0.5, 0.6) is 0 Å². The lowest BCUT2D eigenvalue weighted by Gasteiger charge is -2.53. The van der Waals surface area contributed by atoms with Gasteiger partial charge in [0.15, 0.2) is 0 Å². The first-order valence-electron chi connectivity index (χ1n) is 9.46. The van der Waals surface area contributed by atoms with E-state index in [9.17, 15) is 5.11 Å². The zero-order valence-corrected chi connectivity index (χ0v) is 15.0. The normalized spacial score (nSPS) is 55.7. The smallest absolute Gasteiger partial charge is 0.0945 e. The summed E-state index contributed by atoms with van der Waals surface area (Å²) in [6, 6.07) is 0. The molecular formula is C20H32O3. The first kappa shape index (κ1) is 16.1. The fourth-order valence-corrected chi connectivity index (χ4v) is 6.20. The summed E-state index contributed by atoms with van der Waals surface area (Å²) in [4.78, 5) is 0. The fraction of sp³-hybridized carbons (Fsp3) is 0.900. The standard InChI is InChI=1S/C20H32O3/c1-11(2)13-7-6-12(3)16-14-10-20(5)15(21)8-9-19(4,23-20)18(22-14)17(13)16/h11,13-18,21H,3,6-10H2,1-2,4-5H3/t13-,14-,15+,16+,17+,18-,19+,20+/m1/s1. The summed E-state index contributed by atoms with van der Waals surface area (Å²) < 4.78 is 13.2. The van der Waals surface area contributed by atoms with Crippen LogP contribution in [-0.2, 0) is 9.47 Å². The molecule has 3 aliphatic heterocycles. The van der Waals surface area contributed by atoms with Crippen molar-refractivity contribution in [3.05, 3.63) is 12.2 Å². The Morgan fingerprint density at radius 2 is 1.96 bits per heavy atom. The minimum atomic E-state index is -0.470. The molecule has 0 aromatic carbocycles. The van der Waals surface area contributed by atoms with Crippen LogP contribution in [0.2, 0.25) is 0 Å². The zero-order valence-electron chi connectivity index (χ0n) is 15.0. The van der Waals surface area contributed by atoms with Crippen molar-refractivity contribution in [2.75, 3.05) is 0 Å². The molecule has 3 heteroatoms. The monoisotopic (exact) mass is 320 g/mol. The molecule has 4 fully saturated rings. The maximum atomic E-state index is 10.5. The highest BCUT2D eigenvalue weighted by Crippen LogP contribution is 2.59. The maximum absolute atomic E-state index is 10.5. The number of hydrogen-bond donors (Lipinski definition) is 1. The van der Waals surface area contributed by atoms with Crippen LogP contribution in [0.25, 0.3) is 0 Å². The Morgan fingerprint density at radius 1 is 1.22 bits per heavy atom. The van der Waals surface area contributed by atoms with Crippen LogP contribution in [-0.4, -0.2) is 34.6 Å². The van der Waals surface area contributed by atoms with Crippen molar-refractivity contribution >= 4 is 0 Å². The molecule has 0 aromatic heterocycles. The number of rotatable bonds is 1. The van der Waals surface area contributed by atoms with E-state index in [0.717, 1.165) is 25.7 Å². The van der Waals surface area contributed by atoms with E-state index in [4.69, 9.17) is 9.47 Å². The topological polar surface area (TPSA) is 38.7 Å². The van der Waals surface area contributed by atoms with Crippen LogP contribution in [0.1, 0.15) is 59.8 Å². The number of fused-ring (bicyclic) bond motifs is 8. The third-order valence-corrected chi connectivity index (χ3v) is 7.40. The van der Waals surface area contributed by atoms with Crippen molar-refractivity contribution in [2.45, 2.75) is 89.3 Å². The van der Waals surface area contributed by atoms with Crippen LogP contribution in [0, 0.1) is 23.7 Å². The van der Waals surface area contributed by atoms with Gasteiger partial charge in [0.1, 0.15) is 0 Å². The fourth-order valence-electron chi connectivity index (χ4n) is 6.20. The Balaban J connectivity index is 1.77. The van der Waals surface area contributed by atoms with Crippen molar-refractivity contribution in [2.24, 2.45) is 23.7 Å². The summed E-state index contributed by atoms with van der Waals surface area (Å²) in [5, 5.41) is 10.5. The van der Waals surface area contributed by atoms with Gasteiger partial charge < -0.3 is 14.6 Å². The van der Waals surface area contributed by atoms with Crippen molar-refractivity contribution in [1.29, 1.82) is 0 Å². The van der Waals surface area contributed by atoms with Gasteiger partial charge in [0.2, 0.25) is 0 Å². The van der Waals surface area contributed by atoms with Gasteiger partial charge in [-0.15, -0.1) is 0 Å². The molecule has 0 amide bonds. The highest BCUT2D eigenvalue weighted by molar-refractivity contribution is 5.20. The average molecular weight is 320 g/mol. The molecule has 8 atom stereocenters. The second kappa shape index (κ2) is 5.06. The molecule has 0 aromatic rings. The van der Waals surface area contributed by atoms with Crippen molar-refractivity contribution in [1.82, 2.24) is 0 Å². The number of aliphatic hydroxyl groups is 1. The van der Waals surface area contributed by atoms with Gasteiger partial charge in [-0.1, -0.05) is 26.0 Å². The quantitative estimate of drug-likeness (QED) is 0.749. The van der Waals surface area contributed by atoms with E-state index >= 15 is 0 Å². The second-order valence-corrected chi connectivity index (χ2v) is 9.29. The SMILES string of the molecule is C=C1CC[C@H](C(C)C)[C@H]2[C@@H]1[C@H]1C[C@]3(C)O[C@@](C)(CC[C@@H]3O)[C@@H]2O1. The molecule has 23 heavy (non-hydrogen) atoms. The summed E-state index contributed by atoms with van der Waals surface area (Å²) >= 11 is 0. The van der Waals surface area contributed by atoms with E-state index in [1.54, 1.807) is 0 Å². The Hall–Kier alpha value is -0.380. The summed E-state index contributed by atoms with van der Waals surface area (Å²) in [6.07, 6.45) is 4.81. The number of hydrogen-bond acceptors (Lipinski definition) is 3. The van der Waals surface area contributed by atoms with E-state index in [2.05, 4.69) is 34.3 Å². The predicted molar refractivity (Wildman–Crippen MR) is 90.1 cm³/mol. The molecule has 0 spiro atoms. The van der Waals surface area contributed by atoms with Gasteiger partial charge in [0, 0.05) is 12.3 Å². The van der Waals surface area contributed by atoms with Crippen molar-refractivity contribution < 1.29 is 14.6 Å². The van der Waals surface area contributed by atoms with Gasteiger partial charge in [-0.2, -0.15) is 0 Å². The second-order valence-electron chi connectivity index (χ2n) is 9.29. The van der Waals surface area contributed by atoms with Gasteiger partial charge in [0.05, 0.1) is 29.5 Å². The van der Waals surface area contributed by atoms with Crippen LogP contribution in [0.15, 0.2) is 12.2 Å². The molecule has 4 aliphatic rings. The minimum Gasteiger partial charge on any atom is -0.390 e. The average Bonchev–Trinajstić information content (AvgIpc) is 2.79. The first-order valence-corrected chi connectivity index (χ1v) is 9.46. The van der Waals surface area contributed by atoms with E-state index in [-0.39, 0.29) is 23.9 Å². The molecule has 130 valence electrons. The van der Waals surface area contributed by atoms with E-state index in [1.807, 2.05) is 0 Å². The lowest BCUT2D eigenvalue weighted by molar-refractivity contribution is -0.245. The van der Waals surface area contributed by atoms with Crippen molar-refractivity contribution in [3.8, 4) is 0 Å². The van der Waals surface area contributed by atoms with Crippen LogP contribution < -0.4 is 0 Å². The zero-order chi connectivity index (χ0) is 16.6. The summed E-state index contributed by atoms with van der Waals surface area (Å²) in [5.74, 6) is 2.35. The molecule has 4 bridgehead atoms. The molecule has 3 heterocycles. The summed E-state index contributed by atoms with van der Waals surface area (Å²) in [6.45, 7) is 13.4. The van der Waals surface area contributed by atoms with E-state index in [1.165, 1.54) is 12.0 Å². The molecule has 0 unspecified atom stereocenters. The highest BCUT2D eigenvalue weighted by Gasteiger charge is 2.64. The van der Waals surface area contributed by atoms with E-state index in [0.29, 0.717) is 23.7 Å². The van der Waals surface area contributed by atoms with Gasteiger partial charge in [-0.25, -0.2) is 0 Å². The summed E-state index contributed by atoms with van der Waals surface area (Å²) in [7, 11) is 0. The lowest BCUT2D eigenvalue weighted by atomic mass is 9.59. The van der Waals surface area contributed by atoms with Gasteiger partial charge in [0.25, 0.3) is 0 Å². The predicted octanol–water partition coefficient (Wildman–Crippen LogP) is 3.70. The first-order chi connectivity index (χ1) is 10.8. The van der Waals surface area contributed by atoms with Gasteiger partial charge in [-0.3, -0.25) is 0 Å². The third kappa shape index (κ3) is 2.19. The Bertz CT molecular complexity index is 515. The molecule has 1 saturated carbocycles. The summed E-state index contributed by atoms with van der Waals surface area (Å²) in [5.41, 5.74) is 0.635. The molecule has 3 nitrogen and oxygen atoms in total. The van der Waals surface area contributed by atoms with E-state index < -0.39 is 5.60 Å². The largest absolute Gasteiger partial charge is 0.390 e. The number of ether oxygens (including phenoxy) is 2. The molecule has 0 radical (unpaired) electrons. The van der Waals surface area contributed by atoms with Gasteiger partial charge in [-0.05, 0) is 57.3 Å².